The number of benzene rings is 1. The van der Waals surface area contributed by atoms with Crippen LogP contribution in [0.15, 0.2) is 41.6 Å². The second-order valence-corrected chi connectivity index (χ2v) is 8.62. The monoisotopic (exact) mass is 411 g/mol. The number of aromatic nitrogens is 2. The summed E-state index contributed by atoms with van der Waals surface area (Å²) in [6, 6.07) is 6.40. The van der Waals surface area contributed by atoms with Gasteiger partial charge in [-0.2, -0.15) is 5.10 Å². The molecule has 0 fully saturated rings. The molecule has 1 aromatic heterocycles. The lowest BCUT2D eigenvalue weighted by Crippen LogP contribution is -2.41. The Morgan fingerprint density at radius 2 is 2.10 bits per heavy atom. The van der Waals surface area contributed by atoms with Gasteiger partial charge in [-0.25, -0.2) is 9.07 Å². The van der Waals surface area contributed by atoms with Gasteiger partial charge in [-0.05, 0) is 50.5 Å². The normalized spacial score (nSPS) is 21.4. The van der Waals surface area contributed by atoms with Gasteiger partial charge in [0.1, 0.15) is 5.82 Å². The average Bonchev–Trinajstić information content (AvgIpc) is 3.32. The van der Waals surface area contributed by atoms with Crippen LogP contribution in [0.4, 0.5) is 4.39 Å². The first-order valence-corrected chi connectivity index (χ1v) is 10.9. The minimum absolute atomic E-state index is 0.109. The van der Waals surface area contributed by atoms with Crippen molar-refractivity contribution >= 4 is 5.91 Å². The third-order valence-corrected chi connectivity index (χ3v) is 6.39. The fourth-order valence-electron chi connectivity index (χ4n) is 5.12. The van der Waals surface area contributed by atoms with E-state index in [2.05, 4.69) is 18.9 Å². The van der Waals surface area contributed by atoms with Gasteiger partial charge >= 0.3 is 0 Å². The molecule has 2 aliphatic rings. The van der Waals surface area contributed by atoms with Crippen molar-refractivity contribution in [2.45, 2.75) is 58.5 Å². The number of amides is 1. The van der Waals surface area contributed by atoms with E-state index >= 15 is 0 Å². The summed E-state index contributed by atoms with van der Waals surface area (Å²) in [6.45, 7) is 7.00. The molecule has 30 heavy (non-hydrogen) atoms. The molecule has 160 valence electrons. The topological polar surface area (TPSA) is 58.4 Å². The number of allylic oxidation sites excluding steroid dienone is 1. The zero-order chi connectivity index (χ0) is 21.4. The number of nitrogens with zero attached hydrogens (tertiary/aromatic N) is 3. The predicted molar refractivity (Wildman–Crippen MR) is 114 cm³/mol. The van der Waals surface area contributed by atoms with Gasteiger partial charge in [0.05, 0.1) is 29.6 Å². The summed E-state index contributed by atoms with van der Waals surface area (Å²) in [7, 11) is 0. The first-order chi connectivity index (χ1) is 14.4. The quantitative estimate of drug-likeness (QED) is 0.731. The molecule has 0 unspecified atom stereocenters. The molecule has 1 N–H and O–H groups in total. The van der Waals surface area contributed by atoms with Crippen LogP contribution in [0.1, 0.15) is 57.2 Å². The lowest BCUT2D eigenvalue weighted by molar-refractivity contribution is -0.135. The molecule has 5 nitrogen and oxygen atoms in total. The Morgan fingerprint density at radius 3 is 2.77 bits per heavy atom. The van der Waals surface area contributed by atoms with Crippen LogP contribution in [0.3, 0.4) is 0 Å². The van der Waals surface area contributed by atoms with E-state index in [4.69, 9.17) is 0 Å². The SMILES string of the molecule is CCCN(C[C@H](C)O)C(=O)[C@@H]1CCC2=C1[C@@H](C)c1cnn(-c3ccc(F)cc3)c1C2. The molecule has 3 atom stereocenters. The first kappa shape index (κ1) is 20.8. The molecular formula is C24H30FN3O2. The van der Waals surface area contributed by atoms with Gasteiger partial charge in [0.2, 0.25) is 5.91 Å². The summed E-state index contributed by atoms with van der Waals surface area (Å²) in [6.07, 6.45) is 4.77. The number of aliphatic hydroxyl groups is 1. The average molecular weight is 412 g/mol. The van der Waals surface area contributed by atoms with Gasteiger partial charge in [-0.1, -0.05) is 25.0 Å². The van der Waals surface area contributed by atoms with Gasteiger partial charge in [-0.3, -0.25) is 4.79 Å². The maximum atomic E-state index is 13.4. The molecule has 1 amide bonds. The molecule has 0 bridgehead atoms. The van der Waals surface area contributed by atoms with Crippen molar-refractivity contribution in [3.05, 3.63) is 58.7 Å². The Hall–Kier alpha value is -2.47. The molecule has 0 radical (unpaired) electrons. The highest BCUT2D eigenvalue weighted by molar-refractivity contribution is 5.83. The van der Waals surface area contributed by atoms with Crippen LogP contribution in [0.2, 0.25) is 0 Å². The highest BCUT2D eigenvalue weighted by Crippen LogP contribution is 2.47. The third kappa shape index (κ3) is 3.69. The number of fused-ring (bicyclic) bond motifs is 1. The largest absolute Gasteiger partial charge is 0.392 e. The van der Waals surface area contributed by atoms with Gasteiger partial charge in [0.25, 0.3) is 0 Å². The van der Waals surface area contributed by atoms with Crippen molar-refractivity contribution < 1.29 is 14.3 Å². The van der Waals surface area contributed by atoms with E-state index in [0.29, 0.717) is 13.1 Å². The maximum absolute atomic E-state index is 13.4. The number of carbonyl (C=O) groups is 1. The summed E-state index contributed by atoms with van der Waals surface area (Å²) in [5.41, 5.74) is 5.72. The Bertz CT molecular complexity index is 961. The molecular weight excluding hydrogens is 381 g/mol. The van der Waals surface area contributed by atoms with Crippen molar-refractivity contribution in [3.63, 3.8) is 0 Å². The van der Waals surface area contributed by atoms with E-state index < -0.39 is 6.10 Å². The molecule has 0 aliphatic heterocycles. The predicted octanol–water partition coefficient (Wildman–Crippen LogP) is 4.00. The van der Waals surface area contributed by atoms with Gasteiger partial charge < -0.3 is 10.0 Å². The molecule has 2 aromatic rings. The van der Waals surface area contributed by atoms with E-state index in [1.54, 1.807) is 19.1 Å². The van der Waals surface area contributed by atoms with E-state index in [0.717, 1.165) is 42.6 Å². The Balaban J connectivity index is 1.62. The maximum Gasteiger partial charge on any atom is 0.229 e. The molecule has 1 aromatic carbocycles. The Kier molecular flexibility index (Phi) is 5.78. The molecule has 0 spiro atoms. The lowest BCUT2D eigenvalue weighted by Gasteiger charge is -2.31. The van der Waals surface area contributed by atoms with E-state index in [9.17, 15) is 14.3 Å². The third-order valence-electron chi connectivity index (χ3n) is 6.39. The second-order valence-electron chi connectivity index (χ2n) is 8.62. The van der Waals surface area contributed by atoms with E-state index in [-0.39, 0.29) is 23.6 Å². The van der Waals surface area contributed by atoms with E-state index in [1.165, 1.54) is 23.3 Å². The summed E-state index contributed by atoms with van der Waals surface area (Å²) in [5.74, 6) is -0.0971. The molecule has 0 saturated heterocycles. The van der Waals surface area contributed by atoms with Crippen LogP contribution in [-0.2, 0) is 11.2 Å². The number of hydrogen-bond donors (Lipinski definition) is 1. The van der Waals surface area contributed by atoms with Crippen molar-refractivity contribution in [1.29, 1.82) is 0 Å². The standard InChI is InChI=1S/C24H30FN3O2/c1-4-11-27(14-15(2)29)24(30)20-10-5-17-12-22-21(16(3)23(17)20)13-26-28(22)19-8-6-18(25)7-9-19/h6-9,13,15-16,20,29H,4-5,10-12,14H2,1-3H3/t15-,16-,20+/m0/s1. The minimum atomic E-state index is -0.528. The zero-order valence-corrected chi connectivity index (χ0v) is 17.9. The Labute approximate surface area is 177 Å². The molecule has 4 rings (SSSR count). The molecule has 0 saturated carbocycles. The van der Waals surface area contributed by atoms with Crippen molar-refractivity contribution in [3.8, 4) is 5.69 Å². The number of aliphatic hydroxyl groups excluding tert-OH is 1. The molecule has 1 heterocycles. The summed E-state index contributed by atoms with van der Waals surface area (Å²) in [4.78, 5) is 15.2. The number of halogens is 1. The van der Waals surface area contributed by atoms with Crippen molar-refractivity contribution in [2.75, 3.05) is 13.1 Å². The highest BCUT2D eigenvalue weighted by Gasteiger charge is 2.40. The van der Waals surface area contributed by atoms with Crippen molar-refractivity contribution in [1.82, 2.24) is 14.7 Å². The highest BCUT2D eigenvalue weighted by atomic mass is 19.1. The number of rotatable bonds is 6. The summed E-state index contributed by atoms with van der Waals surface area (Å²) < 4.78 is 15.2. The number of hydrogen-bond acceptors (Lipinski definition) is 3. The Morgan fingerprint density at radius 1 is 1.37 bits per heavy atom. The van der Waals surface area contributed by atoms with Crippen LogP contribution in [0.25, 0.3) is 5.69 Å². The minimum Gasteiger partial charge on any atom is -0.392 e. The molecule has 2 aliphatic carbocycles. The summed E-state index contributed by atoms with van der Waals surface area (Å²) >= 11 is 0. The smallest absolute Gasteiger partial charge is 0.229 e. The van der Waals surface area contributed by atoms with Crippen LogP contribution in [-0.4, -0.2) is 44.9 Å². The van der Waals surface area contributed by atoms with Crippen LogP contribution in [0.5, 0.6) is 0 Å². The van der Waals surface area contributed by atoms with Gasteiger partial charge in [0, 0.05) is 31.0 Å². The van der Waals surface area contributed by atoms with Crippen molar-refractivity contribution in [2.24, 2.45) is 5.92 Å². The van der Waals surface area contributed by atoms with E-state index in [1.807, 2.05) is 15.8 Å². The van der Waals surface area contributed by atoms with Crippen LogP contribution in [0, 0.1) is 11.7 Å². The fourth-order valence-corrected chi connectivity index (χ4v) is 5.12. The molecule has 6 heteroatoms. The number of carbonyl (C=O) groups excluding carboxylic acids is 1. The zero-order valence-electron chi connectivity index (χ0n) is 17.9. The fraction of sp³-hybridized carbons (Fsp3) is 0.500. The van der Waals surface area contributed by atoms with Crippen LogP contribution >= 0.6 is 0 Å². The second kappa shape index (κ2) is 8.34. The van der Waals surface area contributed by atoms with Gasteiger partial charge in [-0.15, -0.1) is 0 Å². The summed E-state index contributed by atoms with van der Waals surface area (Å²) in [5, 5.41) is 14.4. The van der Waals surface area contributed by atoms with Gasteiger partial charge in [0.15, 0.2) is 0 Å². The van der Waals surface area contributed by atoms with Crippen LogP contribution < -0.4 is 0 Å². The first-order valence-electron chi connectivity index (χ1n) is 10.9. The lowest BCUT2D eigenvalue weighted by atomic mass is 9.79.